The number of pyridine rings is 1. The Morgan fingerprint density at radius 3 is 2.73 bits per heavy atom. The van der Waals surface area contributed by atoms with Crippen LogP contribution in [0.5, 0.6) is 0 Å². The van der Waals surface area contributed by atoms with Crippen LogP contribution in [0.1, 0.15) is 23.6 Å². The van der Waals surface area contributed by atoms with E-state index in [-0.39, 0.29) is 12.1 Å². The van der Waals surface area contributed by atoms with E-state index in [1.54, 1.807) is 24.5 Å². The fourth-order valence-corrected chi connectivity index (χ4v) is 3.20. The van der Waals surface area contributed by atoms with E-state index in [1.165, 1.54) is 5.56 Å². The molecule has 132 valence electrons. The molecule has 3 aromatic rings. The van der Waals surface area contributed by atoms with Gasteiger partial charge in [0.1, 0.15) is 11.6 Å². The van der Waals surface area contributed by atoms with Gasteiger partial charge in [0.15, 0.2) is 0 Å². The quantitative estimate of drug-likeness (QED) is 0.758. The van der Waals surface area contributed by atoms with Crippen molar-refractivity contribution in [3.05, 3.63) is 72.1 Å². The fraction of sp³-hybridized carbons (Fsp3) is 0.263. The van der Waals surface area contributed by atoms with Crippen LogP contribution in [-0.4, -0.2) is 31.8 Å². The second kappa shape index (κ2) is 7.35. The molecule has 1 atom stereocenters. The predicted molar refractivity (Wildman–Crippen MR) is 97.8 cm³/mol. The van der Waals surface area contributed by atoms with Crippen molar-refractivity contribution in [3.63, 3.8) is 0 Å². The molecule has 1 aliphatic heterocycles. The molecule has 4 rings (SSSR count). The monoisotopic (exact) mass is 348 g/mol. The molecule has 7 heteroatoms. The summed E-state index contributed by atoms with van der Waals surface area (Å²) in [5, 5.41) is 14.5. The highest BCUT2D eigenvalue weighted by Gasteiger charge is 2.24. The largest absolute Gasteiger partial charge is 0.333 e. The Bertz CT molecular complexity index is 878. The maximum Gasteiger partial charge on any atom is 0.319 e. The van der Waals surface area contributed by atoms with Crippen LogP contribution in [0.15, 0.2) is 54.9 Å². The average Bonchev–Trinajstić information content (AvgIpc) is 3.05. The minimum atomic E-state index is -0.206. The lowest BCUT2D eigenvalue weighted by atomic mass is 10.1. The Labute approximate surface area is 151 Å². The van der Waals surface area contributed by atoms with Gasteiger partial charge in [0.05, 0.1) is 0 Å². The molecule has 0 radical (unpaired) electrons. The van der Waals surface area contributed by atoms with Crippen LogP contribution in [0.25, 0.3) is 0 Å². The van der Waals surface area contributed by atoms with E-state index in [9.17, 15) is 4.79 Å². The number of rotatable bonds is 4. The SMILES string of the molecule is O=C(Nc1ccncc1)N[C@H]1CCc2nnc(Cc3ccccc3)n2C1. The number of aryl methyl sites for hydroxylation is 1. The van der Waals surface area contributed by atoms with Crippen molar-refractivity contribution >= 4 is 11.7 Å². The zero-order valence-electron chi connectivity index (χ0n) is 14.3. The third-order valence-electron chi connectivity index (χ3n) is 4.50. The number of benzene rings is 1. The molecular formula is C19H20N6O. The molecule has 26 heavy (non-hydrogen) atoms. The second-order valence-corrected chi connectivity index (χ2v) is 6.38. The predicted octanol–water partition coefficient (Wildman–Crippen LogP) is 2.40. The van der Waals surface area contributed by atoms with Gasteiger partial charge < -0.3 is 15.2 Å². The lowest BCUT2D eigenvalue weighted by Gasteiger charge is -2.25. The Morgan fingerprint density at radius 1 is 1.12 bits per heavy atom. The summed E-state index contributed by atoms with van der Waals surface area (Å²) in [6.45, 7) is 0.689. The van der Waals surface area contributed by atoms with Crippen molar-refractivity contribution in [2.24, 2.45) is 0 Å². The van der Waals surface area contributed by atoms with Crippen LogP contribution in [0.4, 0.5) is 10.5 Å². The zero-order valence-corrected chi connectivity index (χ0v) is 14.3. The number of hydrogen-bond donors (Lipinski definition) is 2. The smallest absolute Gasteiger partial charge is 0.319 e. The minimum Gasteiger partial charge on any atom is -0.333 e. The van der Waals surface area contributed by atoms with Gasteiger partial charge in [0.25, 0.3) is 0 Å². The van der Waals surface area contributed by atoms with Gasteiger partial charge in [-0.1, -0.05) is 30.3 Å². The molecule has 0 aliphatic carbocycles. The van der Waals surface area contributed by atoms with Crippen LogP contribution in [0.2, 0.25) is 0 Å². The molecular weight excluding hydrogens is 328 g/mol. The Kier molecular flexibility index (Phi) is 4.59. The number of anilines is 1. The Hall–Kier alpha value is -3.22. The fourth-order valence-electron chi connectivity index (χ4n) is 3.20. The summed E-state index contributed by atoms with van der Waals surface area (Å²) < 4.78 is 2.13. The van der Waals surface area contributed by atoms with Crippen LogP contribution >= 0.6 is 0 Å². The first-order chi connectivity index (χ1) is 12.8. The van der Waals surface area contributed by atoms with Gasteiger partial charge in [0, 0.05) is 43.5 Å². The van der Waals surface area contributed by atoms with Gasteiger partial charge >= 0.3 is 6.03 Å². The minimum absolute atomic E-state index is 0.0508. The zero-order chi connectivity index (χ0) is 17.8. The van der Waals surface area contributed by atoms with Gasteiger partial charge in [-0.2, -0.15) is 0 Å². The first-order valence-corrected chi connectivity index (χ1v) is 8.70. The first kappa shape index (κ1) is 16.3. The van der Waals surface area contributed by atoms with Crippen molar-refractivity contribution in [2.45, 2.75) is 31.8 Å². The number of nitrogens with one attached hydrogen (secondary N) is 2. The standard InChI is InChI=1S/C19H20N6O/c26-19(21-15-8-10-20-11-9-15)22-16-6-7-17-23-24-18(25(17)13-16)12-14-4-2-1-3-5-14/h1-5,8-11,16H,6-7,12-13H2,(H2,20,21,22,26)/t16-/m0/s1. The van der Waals surface area contributed by atoms with Crippen molar-refractivity contribution in [1.82, 2.24) is 25.1 Å². The number of urea groups is 1. The molecule has 0 unspecified atom stereocenters. The number of nitrogens with zero attached hydrogens (tertiary/aromatic N) is 4. The number of carbonyl (C=O) groups excluding carboxylic acids is 1. The van der Waals surface area contributed by atoms with E-state index < -0.39 is 0 Å². The number of amides is 2. The molecule has 0 saturated heterocycles. The summed E-state index contributed by atoms with van der Waals surface area (Å²) in [6.07, 6.45) is 5.70. The molecule has 0 bridgehead atoms. The maximum atomic E-state index is 12.2. The van der Waals surface area contributed by atoms with Crippen molar-refractivity contribution < 1.29 is 4.79 Å². The summed E-state index contributed by atoms with van der Waals surface area (Å²) in [5.74, 6) is 1.93. The van der Waals surface area contributed by atoms with Gasteiger partial charge in [-0.3, -0.25) is 4.98 Å². The van der Waals surface area contributed by atoms with Gasteiger partial charge in [-0.05, 0) is 24.1 Å². The third-order valence-corrected chi connectivity index (χ3v) is 4.50. The van der Waals surface area contributed by atoms with Crippen LogP contribution in [0.3, 0.4) is 0 Å². The first-order valence-electron chi connectivity index (χ1n) is 8.70. The Morgan fingerprint density at radius 2 is 1.92 bits per heavy atom. The van der Waals surface area contributed by atoms with Crippen molar-refractivity contribution in [1.29, 1.82) is 0 Å². The van der Waals surface area contributed by atoms with E-state index >= 15 is 0 Å². The summed E-state index contributed by atoms with van der Waals surface area (Å²) >= 11 is 0. The highest BCUT2D eigenvalue weighted by atomic mass is 16.2. The van der Waals surface area contributed by atoms with Crippen molar-refractivity contribution in [3.8, 4) is 0 Å². The second-order valence-electron chi connectivity index (χ2n) is 6.38. The molecule has 7 nitrogen and oxygen atoms in total. The van der Waals surface area contributed by atoms with Crippen LogP contribution in [-0.2, 0) is 19.4 Å². The number of carbonyl (C=O) groups is 1. The summed E-state index contributed by atoms with van der Waals surface area (Å²) in [4.78, 5) is 16.2. The molecule has 2 aromatic heterocycles. The topological polar surface area (TPSA) is 84.7 Å². The van der Waals surface area contributed by atoms with Crippen LogP contribution < -0.4 is 10.6 Å². The third kappa shape index (κ3) is 3.72. The molecule has 0 fully saturated rings. The molecule has 1 aromatic carbocycles. The normalized spacial score (nSPS) is 15.9. The highest BCUT2D eigenvalue weighted by molar-refractivity contribution is 5.89. The summed E-state index contributed by atoms with van der Waals surface area (Å²) in [5.41, 5.74) is 1.93. The van der Waals surface area contributed by atoms with E-state index in [1.807, 2.05) is 18.2 Å². The maximum absolute atomic E-state index is 12.2. The van der Waals surface area contributed by atoms with Gasteiger partial charge in [-0.25, -0.2) is 4.79 Å². The molecule has 0 spiro atoms. The molecule has 3 heterocycles. The molecule has 2 amide bonds. The molecule has 1 aliphatic rings. The van der Waals surface area contributed by atoms with Gasteiger partial charge in [-0.15, -0.1) is 10.2 Å². The lowest BCUT2D eigenvalue weighted by molar-refractivity contribution is 0.244. The van der Waals surface area contributed by atoms with E-state index in [0.29, 0.717) is 6.54 Å². The Balaban J connectivity index is 1.41. The van der Waals surface area contributed by atoms with Crippen molar-refractivity contribution in [2.75, 3.05) is 5.32 Å². The van der Waals surface area contributed by atoms with Gasteiger partial charge in [0.2, 0.25) is 0 Å². The van der Waals surface area contributed by atoms with E-state index in [0.717, 1.165) is 36.6 Å². The number of hydrogen-bond acceptors (Lipinski definition) is 4. The summed E-state index contributed by atoms with van der Waals surface area (Å²) in [6, 6.07) is 13.6. The lowest BCUT2D eigenvalue weighted by Crippen LogP contribution is -2.43. The molecule has 0 saturated carbocycles. The van der Waals surface area contributed by atoms with Crippen LogP contribution in [0, 0.1) is 0 Å². The molecule has 2 N–H and O–H groups in total. The number of fused-ring (bicyclic) bond motifs is 1. The highest BCUT2D eigenvalue weighted by Crippen LogP contribution is 2.17. The average molecular weight is 348 g/mol. The number of aromatic nitrogens is 4. The van der Waals surface area contributed by atoms with E-state index in [2.05, 4.69) is 42.5 Å². The summed E-state index contributed by atoms with van der Waals surface area (Å²) in [7, 11) is 0. The van der Waals surface area contributed by atoms with E-state index in [4.69, 9.17) is 0 Å².